The van der Waals surface area contributed by atoms with Gasteiger partial charge in [0.25, 0.3) is 5.91 Å². The average molecular weight is 579 g/mol. The van der Waals surface area contributed by atoms with Crippen molar-refractivity contribution >= 4 is 28.6 Å². The van der Waals surface area contributed by atoms with Crippen LogP contribution in [0.1, 0.15) is 128 Å². The lowest BCUT2D eigenvalue weighted by Crippen LogP contribution is -2.40. The minimum atomic E-state index is -0.293. The lowest BCUT2D eigenvalue weighted by Gasteiger charge is -2.31. The van der Waals surface area contributed by atoms with E-state index < -0.39 is 0 Å². The molecule has 0 radical (unpaired) electrons. The molecule has 0 spiro atoms. The number of carbonyl (C=O) groups excluding carboxylic acids is 2. The Bertz CT molecular complexity index is 901. The molecule has 0 aromatic heterocycles. The molecule has 0 bridgehead atoms. The van der Waals surface area contributed by atoms with Crippen LogP contribution in [0.2, 0.25) is 0 Å². The number of esters is 1. The molecule has 230 valence electrons. The van der Waals surface area contributed by atoms with E-state index in [1.165, 1.54) is 19.3 Å². The Morgan fingerprint density at radius 2 is 1.68 bits per heavy atom. The second kappa shape index (κ2) is 18.5. The molecule has 2 unspecified atom stereocenters. The van der Waals surface area contributed by atoms with Crippen molar-refractivity contribution in [3.8, 4) is 0 Å². The van der Waals surface area contributed by atoms with E-state index in [-0.39, 0.29) is 41.3 Å². The highest BCUT2D eigenvalue weighted by atomic mass is 35.5. The minimum absolute atomic E-state index is 0.0431. The van der Waals surface area contributed by atoms with Gasteiger partial charge in [-0.05, 0) is 81.6 Å². The third-order valence-electron chi connectivity index (χ3n) is 7.18. The Balaban J connectivity index is 0.00000106. The summed E-state index contributed by atoms with van der Waals surface area (Å²) in [6.45, 7) is 25.9. The van der Waals surface area contributed by atoms with Crippen LogP contribution in [-0.4, -0.2) is 40.8 Å². The van der Waals surface area contributed by atoms with Gasteiger partial charge in [0.15, 0.2) is 5.17 Å². The number of carbonyl (C=O) groups is 2. The first-order valence-corrected chi connectivity index (χ1v) is 15.6. The van der Waals surface area contributed by atoms with Crippen LogP contribution in [0.4, 0.5) is 0 Å². The maximum absolute atomic E-state index is 12.5. The van der Waals surface area contributed by atoms with E-state index in [1.807, 2.05) is 32.9 Å². The fraction of sp³-hybridized carbons (Fsp3) is 0.735. The van der Waals surface area contributed by atoms with Crippen molar-refractivity contribution in [1.82, 2.24) is 4.90 Å². The van der Waals surface area contributed by atoms with E-state index >= 15 is 0 Å². The van der Waals surface area contributed by atoms with Crippen molar-refractivity contribution in [2.45, 2.75) is 140 Å². The number of hydrogen-bond donors (Lipinski definition) is 0. The summed E-state index contributed by atoms with van der Waals surface area (Å²) < 4.78 is 5.32. The highest BCUT2D eigenvalue weighted by molar-refractivity contribution is 6.83. The highest BCUT2D eigenvalue weighted by Gasteiger charge is 2.33. The Kier molecular flexibility index (Phi) is 17.7. The van der Waals surface area contributed by atoms with E-state index in [4.69, 9.17) is 16.3 Å². The van der Waals surface area contributed by atoms with Crippen molar-refractivity contribution in [3.63, 3.8) is 0 Å². The molecule has 1 aliphatic rings. The summed E-state index contributed by atoms with van der Waals surface area (Å²) in [7, 11) is 0. The smallest absolute Gasteiger partial charge is 0.334 e. The molecular formula is C34H59ClN2O3. The van der Waals surface area contributed by atoms with Gasteiger partial charge in [-0.3, -0.25) is 4.79 Å². The van der Waals surface area contributed by atoms with Crippen molar-refractivity contribution in [2.75, 3.05) is 6.67 Å². The van der Waals surface area contributed by atoms with Gasteiger partial charge < -0.3 is 9.64 Å². The fourth-order valence-corrected chi connectivity index (χ4v) is 4.75. The van der Waals surface area contributed by atoms with E-state index in [2.05, 4.69) is 79.5 Å². The second-order valence-corrected chi connectivity index (χ2v) is 13.6. The van der Waals surface area contributed by atoms with E-state index in [0.717, 1.165) is 30.8 Å². The quantitative estimate of drug-likeness (QED) is 0.0945. The van der Waals surface area contributed by atoms with Crippen LogP contribution < -0.4 is 0 Å². The standard InChI is InChI=1S/C22H35ClN2O3.C12H24/c1-8-16(10-11-17(9-2)21(27)28-15(3)4)18(12-13-22(5,6)7)25-14-24-19(23)20(25)26;1-6-8-10-11(9-7-2)12(3,4)5/h10-11,15,18H,8-9,12-14H2,1-7H3;6,8,11H,7,9-10H2,1-5H3/b16-10+,17-11+;. The van der Waals surface area contributed by atoms with Crippen molar-refractivity contribution in [1.29, 1.82) is 0 Å². The SMILES string of the molecule is CC/C(=C\C=C(/CC)C(CCC(C)(C)C)N1CN=C(Cl)C1=O)C(=O)OC(C)C.CC=CCC(CCC)C(C)(C)C. The van der Waals surface area contributed by atoms with Crippen LogP contribution >= 0.6 is 11.6 Å². The number of aliphatic imine (C=N–C) groups is 1. The first-order valence-electron chi connectivity index (χ1n) is 15.2. The van der Waals surface area contributed by atoms with E-state index in [0.29, 0.717) is 17.4 Å². The molecule has 0 N–H and O–H groups in total. The van der Waals surface area contributed by atoms with Gasteiger partial charge >= 0.3 is 5.97 Å². The topological polar surface area (TPSA) is 59.0 Å². The van der Waals surface area contributed by atoms with Gasteiger partial charge in [0.05, 0.1) is 12.1 Å². The Morgan fingerprint density at radius 3 is 2.08 bits per heavy atom. The van der Waals surface area contributed by atoms with Crippen LogP contribution in [0.25, 0.3) is 0 Å². The normalized spacial score (nSPS) is 16.7. The van der Waals surface area contributed by atoms with E-state index in [9.17, 15) is 9.59 Å². The number of nitrogens with zero attached hydrogens (tertiary/aromatic N) is 2. The molecular weight excluding hydrogens is 520 g/mol. The molecule has 0 aromatic rings. The summed E-state index contributed by atoms with van der Waals surface area (Å²) in [6.07, 6.45) is 15.1. The average Bonchev–Trinajstić information content (AvgIpc) is 3.17. The molecule has 1 amide bonds. The zero-order valence-electron chi connectivity index (χ0n) is 27.7. The summed E-state index contributed by atoms with van der Waals surface area (Å²) in [5.74, 6) is 0.330. The molecule has 0 aromatic carbocycles. The molecule has 0 fully saturated rings. The molecule has 5 nitrogen and oxygen atoms in total. The monoisotopic (exact) mass is 578 g/mol. The van der Waals surface area contributed by atoms with Gasteiger partial charge in [-0.25, -0.2) is 9.79 Å². The summed E-state index contributed by atoms with van der Waals surface area (Å²) in [6, 6.07) is -0.0906. The molecule has 0 saturated carbocycles. The third kappa shape index (κ3) is 14.7. The summed E-state index contributed by atoms with van der Waals surface area (Å²) >= 11 is 5.95. The zero-order chi connectivity index (χ0) is 31.1. The highest BCUT2D eigenvalue weighted by Crippen LogP contribution is 2.32. The molecule has 40 heavy (non-hydrogen) atoms. The van der Waals surface area contributed by atoms with Gasteiger partial charge in [-0.15, -0.1) is 0 Å². The maximum atomic E-state index is 12.5. The third-order valence-corrected chi connectivity index (χ3v) is 7.46. The van der Waals surface area contributed by atoms with Crippen molar-refractivity contribution in [3.05, 3.63) is 35.5 Å². The second-order valence-electron chi connectivity index (χ2n) is 13.2. The predicted molar refractivity (Wildman–Crippen MR) is 173 cm³/mol. The lowest BCUT2D eigenvalue weighted by molar-refractivity contribution is -0.142. The van der Waals surface area contributed by atoms with Gasteiger partial charge in [-0.1, -0.05) is 105 Å². The number of rotatable bonds is 13. The van der Waals surface area contributed by atoms with Crippen LogP contribution in [0.3, 0.4) is 0 Å². The summed E-state index contributed by atoms with van der Waals surface area (Å²) in [4.78, 5) is 30.5. The maximum Gasteiger partial charge on any atom is 0.334 e. The Labute approximate surface area is 251 Å². The largest absolute Gasteiger partial charge is 0.460 e. The van der Waals surface area contributed by atoms with Crippen molar-refractivity contribution in [2.24, 2.45) is 21.7 Å². The Morgan fingerprint density at radius 1 is 1.05 bits per heavy atom. The molecule has 6 heteroatoms. The van der Waals surface area contributed by atoms with Crippen LogP contribution in [0, 0.1) is 16.7 Å². The summed E-state index contributed by atoms with van der Waals surface area (Å²) in [5, 5.41) is 0.0431. The fourth-order valence-electron chi connectivity index (χ4n) is 4.59. The van der Waals surface area contributed by atoms with E-state index in [1.54, 1.807) is 4.90 Å². The van der Waals surface area contributed by atoms with Gasteiger partial charge in [0.2, 0.25) is 0 Å². The number of ether oxygens (including phenoxy) is 1. The first kappa shape index (κ1) is 38.1. The Hall–Kier alpha value is -1.88. The number of allylic oxidation sites excluding steroid dienone is 4. The van der Waals surface area contributed by atoms with Crippen LogP contribution in [0.5, 0.6) is 0 Å². The van der Waals surface area contributed by atoms with Crippen molar-refractivity contribution < 1.29 is 14.3 Å². The molecule has 0 saturated heterocycles. The van der Waals surface area contributed by atoms with Gasteiger partial charge in [0, 0.05) is 5.57 Å². The number of amides is 1. The zero-order valence-corrected chi connectivity index (χ0v) is 28.5. The van der Waals surface area contributed by atoms with Gasteiger partial charge in [0.1, 0.15) is 6.67 Å². The van der Waals surface area contributed by atoms with Gasteiger partial charge in [-0.2, -0.15) is 0 Å². The lowest BCUT2D eigenvalue weighted by atomic mass is 9.76. The minimum Gasteiger partial charge on any atom is -0.460 e. The molecule has 2 atom stereocenters. The van der Waals surface area contributed by atoms with Crippen LogP contribution in [0.15, 0.2) is 40.4 Å². The summed E-state index contributed by atoms with van der Waals surface area (Å²) in [5.41, 5.74) is 2.32. The molecule has 1 heterocycles. The number of hydrogen-bond acceptors (Lipinski definition) is 4. The predicted octanol–water partition coefficient (Wildman–Crippen LogP) is 9.66. The first-order chi connectivity index (χ1) is 18.5. The number of halogens is 1. The molecule has 1 rings (SSSR count). The van der Waals surface area contributed by atoms with Crippen LogP contribution in [-0.2, 0) is 14.3 Å². The molecule has 1 aliphatic heterocycles. The molecule has 0 aliphatic carbocycles.